The molecular formula is C15H14ClNS. The molecule has 2 aromatic rings. The number of benzene rings is 2. The van der Waals surface area contributed by atoms with Gasteiger partial charge in [0.15, 0.2) is 0 Å². The van der Waals surface area contributed by atoms with Crippen molar-refractivity contribution >= 4 is 28.8 Å². The van der Waals surface area contributed by atoms with Crippen LogP contribution >= 0.6 is 23.8 Å². The Morgan fingerprint density at radius 1 is 1.06 bits per heavy atom. The lowest BCUT2D eigenvalue weighted by molar-refractivity contribution is 0.724. The molecule has 0 bridgehead atoms. The van der Waals surface area contributed by atoms with Crippen LogP contribution in [-0.4, -0.2) is 4.99 Å². The molecule has 0 heterocycles. The molecule has 0 aliphatic carbocycles. The lowest BCUT2D eigenvalue weighted by atomic mass is 10.1. The van der Waals surface area contributed by atoms with Crippen LogP contribution in [0.15, 0.2) is 54.6 Å². The van der Waals surface area contributed by atoms with Crippen molar-refractivity contribution in [1.29, 1.82) is 0 Å². The first-order valence-corrected chi connectivity index (χ1v) is 6.57. The van der Waals surface area contributed by atoms with Crippen LogP contribution in [0.1, 0.15) is 24.1 Å². The SMILES string of the molecule is C[C@@H](NC(=S)c1ccc(Cl)cc1)c1ccccc1. The van der Waals surface area contributed by atoms with Gasteiger partial charge >= 0.3 is 0 Å². The van der Waals surface area contributed by atoms with Gasteiger partial charge in [0.25, 0.3) is 0 Å². The zero-order valence-electron chi connectivity index (χ0n) is 10.1. The van der Waals surface area contributed by atoms with Crippen molar-refractivity contribution in [2.45, 2.75) is 13.0 Å². The molecule has 1 N–H and O–H groups in total. The molecule has 2 aromatic carbocycles. The van der Waals surface area contributed by atoms with Gasteiger partial charge < -0.3 is 5.32 Å². The van der Waals surface area contributed by atoms with E-state index in [1.807, 2.05) is 42.5 Å². The Balaban J connectivity index is 2.06. The third-order valence-electron chi connectivity index (χ3n) is 2.75. The third-order valence-corrected chi connectivity index (χ3v) is 3.36. The van der Waals surface area contributed by atoms with Crippen LogP contribution in [0.3, 0.4) is 0 Å². The van der Waals surface area contributed by atoms with Gasteiger partial charge in [-0.1, -0.05) is 66.3 Å². The number of hydrogen-bond donors (Lipinski definition) is 1. The van der Waals surface area contributed by atoms with Gasteiger partial charge in [-0.15, -0.1) is 0 Å². The van der Waals surface area contributed by atoms with Crippen LogP contribution in [-0.2, 0) is 0 Å². The highest BCUT2D eigenvalue weighted by molar-refractivity contribution is 7.80. The number of hydrogen-bond acceptors (Lipinski definition) is 1. The maximum absolute atomic E-state index is 5.85. The molecule has 2 rings (SSSR count). The van der Waals surface area contributed by atoms with Gasteiger partial charge in [-0.25, -0.2) is 0 Å². The van der Waals surface area contributed by atoms with Crippen molar-refractivity contribution in [3.63, 3.8) is 0 Å². The molecule has 0 saturated carbocycles. The quantitative estimate of drug-likeness (QED) is 0.835. The summed E-state index contributed by atoms with van der Waals surface area (Å²) in [6.07, 6.45) is 0. The number of thiocarbonyl (C=S) groups is 1. The van der Waals surface area contributed by atoms with Gasteiger partial charge in [-0.05, 0) is 24.6 Å². The molecule has 92 valence electrons. The number of halogens is 1. The minimum absolute atomic E-state index is 0.189. The van der Waals surface area contributed by atoms with Crippen molar-refractivity contribution in [2.24, 2.45) is 0 Å². The van der Waals surface area contributed by atoms with Gasteiger partial charge in [0.1, 0.15) is 4.99 Å². The summed E-state index contributed by atoms with van der Waals surface area (Å²) >= 11 is 11.2. The Kier molecular flexibility index (Phi) is 4.34. The lowest BCUT2D eigenvalue weighted by Crippen LogP contribution is -2.25. The Morgan fingerprint density at radius 2 is 1.67 bits per heavy atom. The van der Waals surface area contributed by atoms with E-state index in [-0.39, 0.29) is 6.04 Å². The minimum atomic E-state index is 0.189. The zero-order valence-corrected chi connectivity index (χ0v) is 11.6. The Morgan fingerprint density at radius 3 is 2.28 bits per heavy atom. The highest BCUT2D eigenvalue weighted by atomic mass is 35.5. The van der Waals surface area contributed by atoms with E-state index in [4.69, 9.17) is 23.8 Å². The van der Waals surface area contributed by atoms with E-state index in [0.29, 0.717) is 0 Å². The van der Waals surface area contributed by atoms with Crippen LogP contribution in [0, 0.1) is 0 Å². The molecule has 18 heavy (non-hydrogen) atoms. The highest BCUT2D eigenvalue weighted by Crippen LogP contribution is 2.14. The summed E-state index contributed by atoms with van der Waals surface area (Å²) in [4.78, 5) is 0.739. The van der Waals surface area contributed by atoms with Gasteiger partial charge in [0.05, 0.1) is 0 Å². The summed E-state index contributed by atoms with van der Waals surface area (Å²) in [6.45, 7) is 2.09. The van der Waals surface area contributed by atoms with Gasteiger partial charge in [-0.3, -0.25) is 0 Å². The van der Waals surface area contributed by atoms with Crippen molar-refractivity contribution in [3.05, 3.63) is 70.7 Å². The predicted molar refractivity (Wildman–Crippen MR) is 81.1 cm³/mol. The van der Waals surface area contributed by atoms with Crippen LogP contribution in [0.25, 0.3) is 0 Å². The first-order valence-electron chi connectivity index (χ1n) is 5.78. The molecule has 1 atom stereocenters. The summed E-state index contributed by atoms with van der Waals surface area (Å²) in [5.41, 5.74) is 2.20. The summed E-state index contributed by atoms with van der Waals surface area (Å²) in [7, 11) is 0. The largest absolute Gasteiger partial charge is 0.369 e. The summed E-state index contributed by atoms with van der Waals surface area (Å²) in [6, 6.07) is 18.0. The molecule has 3 heteroatoms. The van der Waals surface area contributed by atoms with Gasteiger partial charge in [-0.2, -0.15) is 0 Å². The molecule has 0 aliphatic heterocycles. The molecule has 0 unspecified atom stereocenters. The number of nitrogens with one attached hydrogen (secondary N) is 1. The van der Waals surface area contributed by atoms with E-state index in [9.17, 15) is 0 Å². The van der Waals surface area contributed by atoms with Gasteiger partial charge in [0.2, 0.25) is 0 Å². The summed E-state index contributed by atoms with van der Waals surface area (Å²) < 4.78 is 0. The third kappa shape index (κ3) is 3.31. The van der Waals surface area contributed by atoms with Crippen LogP contribution in [0.4, 0.5) is 0 Å². The predicted octanol–water partition coefficient (Wildman–Crippen LogP) is 4.37. The molecule has 0 radical (unpaired) electrons. The maximum atomic E-state index is 5.85. The molecule has 0 amide bonds. The molecule has 0 aromatic heterocycles. The van der Waals surface area contributed by atoms with Crippen molar-refractivity contribution < 1.29 is 0 Å². The second kappa shape index (κ2) is 5.98. The molecule has 0 spiro atoms. The fraction of sp³-hybridized carbons (Fsp3) is 0.133. The fourth-order valence-corrected chi connectivity index (χ4v) is 2.15. The van der Waals surface area contributed by atoms with Crippen LogP contribution < -0.4 is 5.32 Å². The van der Waals surface area contributed by atoms with Crippen molar-refractivity contribution in [1.82, 2.24) is 5.32 Å². The molecule has 0 aliphatic rings. The smallest absolute Gasteiger partial charge is 0.107 e. The zero-order chi connectivity index (χ0) is 13.0. The lowest BCUT2D eigenvalue weighted by Gasteiger charge is -2.16. The van der Waals surface area contributed by atoms with E-state index < -0.39 is 0 Å². The molecule has 0 saturated heterocycles. The topological polar surface area (TPSA) is 12.0 Å². The summed E-state index contributed by atoms with van der Waals surface area (Å²) in [5, 5.41) is 4.04. The fourth-order valence-electron chi connectivity index (χ4n) is 1.71. The average Bonchev–Trinajstić information content (AvgIpc) is 2.40. The second-order valence-electron chi connectivity index (χ2n) is 4.11. The monoisotopic (exact) mass is 275 g/mol. The van der Waals surface area contributed by atoms with E-state index >= 15 is 0 Å². The molecule has 0 fully saturated rings. The van der Waals surface area contributed by atoms with Crippen molar-refractivity contribution in [2.75, 3.05) is 0 Å². The summed E-state index contributed by atoms with van der Waals surface area (Å²) in [5.74, 6) is 0. The minimum Gasteiger partial charge on any atom is -0.369 e. The van der Waals surface area contributed by atoms with Crippen molar-refractivity contribution in [3.8, 4) is 0 Å². The first-order chi connectivity index (χ1) is 8.66. The second-order valence-corrected chi connectivity index (χ2v) is 4.96. The molecular weight excluding hydrogens is 262 g/mol. The normalized spacial score (nSPS) is 11.9. The Bertz CT molecular complexity index is 522. The maximum Gasteiger partial charge on any atom is 0.107 e. The molecule has 1 nitrogen and oxygen atoms in total. The average molecular weight is 276 g/mol. The first kappa shape index (κ1) is 13.1. The highest BCUT2D eigenvalue weighted by Gasteiger charge is 2.07. The van der Waals surface area contributed by atoms with Crippen LogP contribution in [0.5, 0.6) is 0 Å². The van der Waals surface area contributed by atoms with E-state index in [1.165, 1.54) is 5.56 Å². The van der Waals surface area contributed by atoms with Gasteiger partial charge in [0, 0.05) is 16.6 Å². The van der Waals surface area contributed by atoms with E-state index in [1.54, 1.807) is 0 Å². The van der Waals surface area contributed by atoms with E-state index in [2.05, 4.69) is 24.4 Å². The van der Waals surface area contributed by atoms with Crippen LogP contribution in [0.2, 0.25) is 5.02 Å². The Hall–Kier alpha value is -1.38. The van der Waals surface area contributed by atoms with E-state index in [0.717, 1.165) is 15.6 Å². The standard InChI is InChI=1S/C15H14ClNS/c1-11(12-5-3-2-4-6-12)17-15(18)13-7-9-14(16)10-8-13/h2-11H,1H3,(H,17,18)/t11-/m1/s1. The number of rotatable bonds is 3. The Labute approximate surface area is 118 Å².